The number of ether oxygens (including phenoxy) is 3. The molecule has 1 amide bonds. The summed E-state index contributed by atoms with van der Waals surface area (Å²) in [5, 5.41) is 11.9. The summed E-state index contributed by atoms with van der Waals surface area (Å²) in [4.78, 5) is 28.3. The fourth-order valence-corrected chi connectivity index (χ4v) is 4.97. The molecule has 0 radical (unpaired) electrons. The summed E-state index contributed by atoms with van der Waals surface area (Å²) in [7, 11) is 1.38. The molecule has 0 aliphatic carbocycles. The highest BCUT2D eigenvalue weighted by molar-refractivity contribution is 6.52. The number of hydrogen-bond donors (Lipinski definition) is 1. The number of carbonyl (C=O) groups excluding carboxylic acids is 2. The van der Waals surface area contributed by atoms with Crippen molar-refractivity contribution in [3.63, 3.8) is 0 Å². The largest absolute Gasteiger partial charge is 0.507 e. The maximum atomic E-state index is 13.5. The number of halogens is 2. The maximum absolute atomic E-state index is 13.5. The molecule has 1 heterocycles. The molecular formula is C29H27Cl2NO6. The molecule has 38 heavy (non-hydrogen) atoms. The van der Waals surface area contributed by atoms with Crippen molar-refractivity contribution in [1.29, 1.82) is 0 Å². The molecule has 7 nitrogen and oxygen atoms in total. The van der Waals surface area contributed by atoms with E-state index in [-0.39, 0.29) is 33.0 Å². The highest BCUT2D eigenvalue weighted by atomic mass is 35.5. The van der Waals surface area contributed by atoms with E-state index < -0.39 is 23.5 Å². The van der Waals surface area contributed by atoms with Crippen LogP contribution >= 0.6 is 23.2 Å². The van der Waals surface area contributed by atoms with Crippen LogP contribution in [0.15, 0.2) is 66.2 Å². The smallest absolute Gasteiger partial charge is 0.300 e. The molecule has 0 spiro atoms. The third-order valence-electron chi connectivity index (χ3n) is 5.88. The molecule has 3 aromatic rings. The van der Waals surface area contributed by atoms with Crippen LogP contribution in [0.3, 0.4) is 0 Å². The molecule has 1 saturated heterocycles. The average Bonchev–Trinajstić information content (AvgIpc) is 3.14. The van der Waals surface area contributed by atoms with Gasteiger partial charge in [0, 0.05) is 10.7 Å². The summed E-state index contributed by atoms with van der Waals surface area (Å²) in [5.41, 5.74) is 0.965. The molecule has 1 fully saturated rings. The van der Waals surface area contributed by atoms with Gasteiger partial charge in [0.05, 0.1) is 42.0 Å². The van der Waals surface area contributed by atoms with Gasteiger partial charge in [-0.05, 0) is 74.9 Å². The highest BCUT2D eigenvalue weighted by Gasteiger charge is 2.47. The van der Waals surface area contributed by atoms with Crippen LogP contribution < -0.4 is 19.1 Å². The molecule has 1 unspecified atom stereocenters. The third kappa shape index (κ3) is 5.30. The van der Waals surface area contributed by atoms with E-state index in [0.717, 1.165) is 0 Å². The number of hydrogen-bond acceptors (Lipinski definition) is 6. The van der Waals surface area contributed by atoms with Crippen molar-refractivity contribution in [3.8, 4) is 17.2 Å². The number of Topliss-reactive ketones (excluding diaryl/α,β-unsaturated/α-hetero) is 1. The summed E-state index contributed by atoms with van der Waals surface area (Å²) in [6, 6.07) is 15.8. The minimum Gasteiger partial charge on any atom is -0.507 e. The summed E-state index contributed by atoms with van der Waals surface area (Å²) < 4.78 is 16.8. The molecule has 0 bridgehead atoms. The minimum atomic E-state index is -0.980. The topological polar surface area (TPSA) is 85.3 Å². The molecule has 0 aromatic heterocycles. The second-order valence-electron chi connectivity index (χ2n) is 8.80. The summed E-state index contributed by atoms with van der Waals surface area (Å²) in [5.74, 6) is -0.833. The second kappa shape index (κ2) is 11.4. The molecule has 198 valence electrons. The minimum absolute atomic E-state index is 0.0919. The van der Waals surface area contributed by atoms with Gasteiger partial charge in [0.2, 0.25) is 0 Å². The number of anilines is 1. The van der Waals surface area contributed by atoms with E-state index >= 15 is 0 Å². The number of carbonyl (C=O) groups is 2. The summed E-state index contributed by atoms with van der Waals surface area (Å²) >= 11 is 12.5. The van der Waals surface area contributed by atoms with Crippen LogP contribution in [0.2, 0.25) is 10.0 Å². The first-order chi connectivity index (χ1) is 18.2. The molecule has 1 atom stereocenters. The third-order valence-corrected chi connectivity index (χ3v) is 6.38. The Bertz CT molecular complexity index is 1400. The predicted octanol–water partition coefficient (Wildman–Crippen LogP) is 6.81. The molecule has 1 N–H and O–H groups in total. The normalized spacial score (nSPS) is 16.7. The Hall–Kier alpha value is -3.68. The van der Waals surface area contributed by atoms with Gasteiger partial charge in [-0.3, -0.25) is 14.5 Å². The Morgan fingerprint density at radius 1 is 1.03 bits per heavy atom. The lowest BCUT2D eigenvalue weighted by molar-refractivity contribution is -0.132. The Morgan fingerprint density at radius 3 is 2.37 bits per heavy atom. The number of nitrogens with zero attached hydrogens (tertiary/aromatic N) is 1. The summed E-state index contributed by atoms with van der Waals surface area (Å²) in [6.45, 7) is 6.15. The van der Waals surface area contributed by atoms with Crippen LogP contribution in [0.4, 0.5) is 5.69 Å². The van der Waals surface area contributed by atoms with Crippen molar-refractivity contribution in [2.24, 2.45) is 0 Å². The van der Waals surface area contributed by atoms with Crippen molar-refractivity contribution in [3.05, 3.63) is 87.4 Å². The highest BCUT2D eigenvalue weighted by Crippen LogP contribution is 2.45. The maximum Gasteiger partial charge on any atom is 0.300 e. The van der Waals surface area contributed by atoms with Gasteiger partial charge in [-0.1, -0.05) is 35.3 Å². The zero-order valence-electron chi connectivity index (χ0n) is 21.3. The number of ketones is 1. The van der Waals surface area contributed by atoms with E-state index in [1.807, 2.05) is 20.8 Å². The van der Waals surface area contributed by atoms with Gasteiger partial charge in [-0.25, -0.2) is 0 Å². The number of benzene rings is 3. The van der Waals surface area contributed by atoms with Gasteiger partial charge in [0.1, 0.15) is 23.0 Å². The van der Waals surface area contributed by atoms with Crippen LogP contribution in [0.1, 0.15) is 37.9 Å². The SMILES string of the molecule is CCOc1ccc(N2C(=O)C(=O)/C(=C(/O)c3cc(Cl)cc(Cl)c3OC)C2c2cccc(OC(C)C)c2)cc1. The van der Waals surface area contributed by atoms with Crippen LogP contribution in [-0.2, 0) is 9.59 Å². The number of amides is 1. The lowest BCUT2D eigenvalue weighted by Gasteiger charge is -2.26. The summed E-state index contributed by atoms with van der Waals surface area (Å²) in [6.07, 6.45) is -0.0967. The van der Waals surface area contributed by atoms with Gasteiger partial charge in [-0.15, -0.1) is 0 Å². The van der Waals surface area contributed by atoms with Crippen molar-refractivity contribution in [2.45, 2.75) is 32.9 Å². The quantitative estimate of drug-likeness (QED) is 0.186. The fraction of sp³-hybridized carbons (Fsp3) is 0.241. The van der Waals surface area contributed by atoms with E-state index in [1.165, 1.54) is 24.1 Å². The molecular weight excluding hydrogens is 529 g/mol. The first kappa shape index (κ1) is 27.4. The zero-order chi connectivity index (χ0) is 27.6. The monoisotopic (exact) mass is 555 g/mol. The van der Waals surface area contributed by atoms with Gasteiger partial charge in [-0.2, -0.15) is 0 Å². The number of aliphatic hydroxyl groups is 1. The molecule has 9 heteroatoms. The number of rotatable bonds is 8. The first-order valence-electron chi connectivity index (χ1n) is 12.0. The Balaban J connectivity index is 1.96. The van der Waals surface area contributed by atoms with Gasteiger partial charge < -0.3 is 19.3 Å². The van der Waals surface area contributed by atoms with E-state index in [4.69, 9.17) is 37.4 Å². The van der Waals surface area contributed by atoms with Crippen molar-refractivity contribution in [1.82, 2.24) is 0 Å². The lowest BCUT2D eigenvalue weighted by atomic mass is 9.94. The number of methoxy groups -OCH3 is 1. The second-order valence-corrected chi connectivity index (χ2v) is 9.65. The molecule has 4 rings (SSSR count). The molecule has 0 saturated carbocycles. The van der Waals surface area contributed by atoms with Crippen LogP contribution in [0.25, 0.3) is 5.76 Å². The Morgan fingerprint density at radius 2 is 1.74 bits per heavy atom. The van der Waals surface area contributed by atoms with E-state index in [1.54, 1.807) is 48.5 Å². The van der Waals surface area contributed by atoms with Gasteiger partial charge in [0.25, 0.3) is 11.7 Å². The van der Waals surface area contributed by atoms with E-state index in [2.05, 4.69) is 0 Å². The standard InChI is InChI=1S/C29H27Cl2NO6/c1-5-37-20-11-9-19(10-12-20)32-25(17-7-6-8-21(13-17)38-16(2)3)24(27(34)29(32)35)26(33)22-14-18(30)15-23(31)28(22)36-4/h6-16,25,33H,5H2,1-4H3/b26-24+. The predicted molar refractivity (Wildman–Crippen MR) is 148 cm³/mol. The Labute approximate surface area is 231 Å². The van der Waals surface area contributed by atoms with Crippen molar-refractivity contribution < 1.29 is 28.9 Å². The van der Waals surface area contributed by atoms with Crippen LogP contribution in [0.5, 0.6) is 17.2 Å². The lowest BCUT2D eigenvalue weighted by Crippen LogP contribution is -2.29. The Kier molecular flexibility index (Phi) is 8.19. The molecule has 1 aliphatic rings. The van der Waals surface area contributed by atoms with E-state index in [9.17, 15) is 14.7 Å². The van der Waals surface area contributed by atoms with Gasteiger partial charge >= 0.3 is 0 Å². The average molecular weight is 556 g/mol. The van der Waals surface area contributed by atoms with Crippen LogP contribution in [-0.4, -0.2) is 36.6 Å². The van der Waals surface area contributed by atoms with Crippen molar-refractivity contribution >= 4 is 46.3 Å². The molecule has 1 aliphatic heterocycles. The van der Waals surface area contributed by atoms with Crippen molar-refractivity contribution in [2.75, 3.05) is 18.6 Å². The fourth-order valence-electron chi connectivity index (χ4n) is 4.40. The van der Waals surface area contributed by atoms with E-state index in [0.29, 0.717) is 29.4 Å². The van der Waals surface area contributed by atoms with Crippen LogP contribution in [0, 0.1) is 0 Å². The van der Waals surface area contributed by atoms with Gasteiger partial charge in [0.15, 0.2) is 0 Å². The first-order valence-corrected chi connectivity index (χ1v) is 12.8. The number of aliphatic hydroxyl groups excluding tert-OH is 1. The zero-order valence-corrected chi connectivity index (χ0v) is 22.8. The molecule has 3 aromatic carbocycles.